The van der Waals surface area contributed by atoms with Crippen LogP contribution >= 0.6 is 11.3 Å². The van der Waals surface area contributed by atoms with Crippen LogP contribution < -0.4 is 5.32 Å². The fourth-order valence-corrected chi connectivity index (χ4v) is 5.20. The van der Waals surface area contributed by atoms with Crippen molar-refractivity contribution in [2.75, 3.05) is 19.6 Å². The molecule has 1 amide bonds. The summed E-state index contributed by atoms with van der Waals surface area (Å²) in [5.41, 5.74) is 1.81. The first-order valence-electron chi connectivity index (χ1n) is 8.68. The second-order valence-electron chi connectivity index (χ2n) is 7.33. The Kier molecular flexibility index (Phi) is 3.20. The average molecular weight is 327 g/mol. The van der Waals surface area contributed by atoms with Crippen molar-refractivity contribution < 1.29 is 4.79 Å². The van der Waals surface area contributed by atoms with E-state index in [0.29, 0.717) is 12.0 Å². The first kappa shape index (κ1) is 13.9. The summed E-state index contributed by atoms with van der Waals surface area (Å²) < 4.78 is 1.15. The molecule has 0 radical (unpaired) electrons. The van der Waals surface area contributed by atoms with Gasteiger partial charge in [-0.2, -0.15) is 0 Å². The molecule has 1 unspecified atom stereocenters. The van der Waals surface area contributed by atoms with E-state index in [4.69, 9.17) is 4.98 Å². The zero-order valence-corrected chi connectivity index (χ0v) is 13.9. The molecule has 5 heteroatoms. The maximum Gasteiger partial charge on any atom is 0.251 e. The van der Waals surface area contributed by atoms with Crippen LogP contribution in [0.15, 0.2) is 18.2 Å². The summed E-state index contributed by atoms with van der Waals surface area (Å²) in [6.45, 7) is 3.44. The number of aromatic nitrogens is 1. The number of thiazole rings is 1. The molecule has 1 N–H and O–H groups in total. The molecule has 2 aliphatic heterocycles. The lowest BCUT2D eigenvalue weighted by Crippen LogP contribution is -2.47. The summed E-state index contributed by atoms with van der Waals surface area (Å²) in [6, 6.07) is 6.25. The lowest BCUT2D eigenvalue weighted by molar-refractivity contribution is 0.0909. The van der Waals surface area contributed by atoms with Crippen molar-refractivity contribution in [2.45, 2.75) is 37.6 Å². The molecule has 23 heavy (non-hydrogen) atoms. The Morgan fingerprint density at radius 1 is 1.26 bits per heavy atom. The smallest absolute Gasteiger partial charge is 0.251 e. The van der Waals surface area contributed by atoms with Crippen LogP contribution in [0.5, 0.6) is 0 Å². The molecule has 2 bridgehead atoms. The molecule has 1 aromatic carbocycles. The molecule has 120 valence electrons. The van der Waals surface area contributed by atoms with Gasteiger partial charge in [0.2, 0.25) is 0 Å². The van der Waals surface area contributed by atoms with Gasteiger partial charge in [0.15, 0.2) is 0 Å². The highest BCUT2D eigenvalue weighted by Crippen LogP contribution is 2.43. The van der Waals surface area contributed by atoms with Gasteiger partial charge in [0, 0.05) is 30.6 Å². The van der Waals surface area contributed by atoms with Gasteiger partial charge in [0.05, 0.1) is 15.2 Å². The second-order valence-corrected chi connectivity index (χ2v) is 8.39. The topological polar surface area (TPSA) is 45.2 Å². The van der Waals surface area contributed by atoms with Crippen molar-refractivity contribution in [3.8, 4) is 0 Å². The summed E-state index contributed by atoms with van der Waals surface area (Å²) in [4.78, 5) is 19.8. The van der Waals surface area contributed by atoms with Gasteiger partial charge in [-0.3, -0.25) is 4.79 Å². The zero-order valence-electron chi connectivity index (χ0n) is 13.1. The highest BCUT2D eigenvalue weighted by atomic mass is 32.1. The lowest BCUT2D eigenvalue weighted by Gasteiger charge is -2.30. The molecule has 3 atom stereocenters. The summed E-state index contributed by atoms with van der Waals surface area (Å²) in [5, 5.41) is 4.49. The van der Waals surface area contributed by atoms with E-state index in [1.807, 2.05) is 18.2 Å². The number of hydrogen-bond acceptors (Lipinski definition) is 4. The molecule has 3 heterocycles. The summed E-state index contributed by atoms with van der Waals surface area (Å²) >= 11 is 1.76. The van der Waals surface area contributed by atoms with Gasteiger partial charge in [-0.1, -0.05) is 0 Å². The molecule has 1 saturated carbocycles. The van der Waals surface area contributed by atoms with Crippen LogP contribution in [-0.4, -0.2) is 41.5 Å². The number of rotatable bonds is 3. The molecule has 3 fully saturated rings. The maximum atomic E-state index is 12.6. The molecule has 2 aromatic rings. The Balaban J connectivity index is 1.33. The Labute approximate surface area is 139 Å². The number of carbonyl (C=O) groups excluding carboxylic acids is 1. The first-order valence-corrected chi connectivity index (χ1v) is 9.50. The third-order valence-corrected chi connectivity index (χ3v) is 6.58. The van der Waals surface area contributed by atoms with Crippen LogP contribution in [-0.2, 0) is 0 Å². The van der Waals surface area contributed by atoms with Crippen molar-refractivity contribution in [2.24, 2.45) is 5.92 Å². The lowest BCUT2D eigenvalue weighted by atomic mass is 9.96. The molecule has 1 aliphatic carbocycles. The van der Waals surface area contributed by atoms with Crippen LogP contribution in [0.1, 0.15) is 47.0 Å². The highest BCUT2D eigenvalue weighted by Gasteiger charge is 2.33. The normalized spacial score (nSPS) is 29.8. The number of nitrogens with one attached hydrogen (secondary N) is 1. The molecule has 3 aliphatic rings. The van der Waals surface area contributed by atoms with Crippen molar-refractivity contribution in [1.29, 1.82) is 0 Å². The van der Waals surface area contributed by atoms with E-state index >= 15 is 0 Å². The van der Waals surface area contributed by atoms with Crippen LogP contribution in [0.3, 0.4) is 0 Å². The fraction of sp³-hybridized carbons (Fsp3) is 0.556. The SMILES string of the molecule is O=C(N[C@@H]1C[C@@H]2CCN(C2)C1)c1ccc2nc(C3CC3)sc2c1. The zero-order chi connectivity index (χ0) is 15.4. The Morgan fingerprint density at radius 2 is 2.17 bits per heavy atom. The van der Waals surface area contributed by atoms with Crippen molar-refractivity contribution in [1.82, 2.24) is 15.2 Å². The third kappa shape index (κ3) is 2.66. The van der Waals surface area contributed by atoms with Gasteiger partial charge in [0.1, 0.15) is 0 Å². The largest absolute Gasteiger partial charge is 0.348 e. The van der Waals surface area contributed by atoms with Gasteiger partial charge >= 0.3 is 0 Å². The van der Waals surface area contributed by atoms with Crippen molar-refractivity contribution in [3.63, 3.8) is 0 Å². The second kappa shape index (κ2) is 5.28. The fourth-order valence-electron chi connectivity index (χ4n) is 4.02. The van der Waals surface area contributed by atoms with E-state index in [1.165, 1.54) is 37.4 Å². The minimum absolute atomic E-state index is 0.0702. The molecule has 1 aromatic heterocycles. The van der Waals surface area contributed by atoms with Gasteiger partial charge in [0.25, 0.3) is 5.91 Å². The number of piperidine rings is 1. The molecule has 4 nitrogen and oxygen atoms in total. The van der Waals surface area contributed by atoms with E-state index in [2.05, 4.69) is 10.2 Å². The quantitative estimate of drug-likeness (QED) is 0.942. The molecule has 0 spiro atoms. The first-order chi connectivity index (χ1) is 11.2. The monoisotopic (exact) mass is 327 g/mol. The molecule has 2 saturated heterocycles. The number of amides is 1. The van der Waals surface area contributed by atoms with Gasteiger partial charge < -0.3 is 10.2 Å². The minimum atomic E-state index is 0.0702. The van der Waals surface area contributed by atoms with E-state index < -0.39 is 0 Å². The number of fused-ring (bicyclic) bond motifs is 3. The Bertz CT molecular complexity index is 755. The number of benzene rings is 1. The van der Waals surface area contributed by atoms with Gasteiger partial charge in [-0.05, 0) is 56.3 Å². The third-order valence-electron chi connectivity index (χ3n) is 5.40. The molecule has 5 rings (SSSR count). The predicted molar refractivity (Wildman–Crippen MR) is 92.0 cm³/mol. The number of nitrogens with zero attached hydrogens (tertiary/aromatic N) is 2. The van der Waals surface area contributed by atoms with Crippen LogP contribution in [0.2, 0.25) is 0 Å². The highest BCUT2D eigenvalue weighted by molar-refractivity contribution is 7.18. The van der Waals surface area contributed by atoms with E-state index in [-0.39, 0.29) is 5.91 Å². The number of hydrogen-bond donors (Lipinski definition) is 1. The standard InChI is InChI=1S/C18H21N3OS/c22-17(19-14-7-11-5-6-21(9-11)10-14)13-3-4-15-16(8-13)23-18(20-15)12-1-2-12/h3-4,8,11-12,14H,1-2,5-7,9-10H2,(H,19,22)/t11-,14+/m0/s1. The maximum absolute atomic E-state index is 12.6. The Hall–Kier alpha value is -1.46. The van der Waals surface area contributed by atoms with E-state index in [1.54, 1.807) is 11.3 Å². The van der Waals surface area contributed by atoms with Gasteiger partial charge in [-0.25, -0.2) is 4.98 Å². The molecular formula is C18H21N3OS. The Morgan fingerprint density at radius 3 is 3.00 bits per heavy atom. The van der Waals surface area contributed by atoms with Crippen LogP contribution in [0.25, 0.3) is 10.2 Å². The van der Waals surface area contributed by atoms with E-state index in [0.717, 1.165) is 34.7 Å². The average Bonchev–Trinajstić information content (AvgIpc) is 3.23. The molecular weight excluding hydrogens is 306 g/mol. The van der Waals surface area contributed by atoms with Crippen LogP contribution in [0.4, 0.5) is 0 Å². The predicted octanol–water partition coefficient (Wildman–Crippen LogP) is 3.00. The van der Waals surface area contributed by atoms with Crippen molar-refractivity contribution >= 4 is 27.5 Å². The van der Waals surface area contributed by atoms with Crippen molar-refractivity contribution in [3.05, 3.63) is 28.8 Å². The van der Waals surface area contributed by atoms with Crippen LogP contribution in [0, 0.1) is 5.92 Å². The summed E-state index contributed by atoms with van der Waals surface area (Å²) in [5.74, 6) is 1.52. The minimum Gasteiger partial charge on any atom is -0.348 e. The number of carbonyl (C=O) groups is 1. The van der Waals surface area contributed by atoms with E-state index in [9.17, 15) is 4.79 Å². The van der Waals surface area contributed by atoms with Gasteiger partial charge in [-0.15, -0.1) is 11.3 Å². The summed E-state index contributed by atoms with van der Waals surface area (Å²) in [7, 11) is 0. The summed E-state index contributed by atoms with van der Waals surface area (Å²) in [6.07, 6.45) is 4.97.